The van der Waals surface area contributed by atoms with Gasteiger partial charge in [-0.05, 0) is 0 Å². The largest absolute Gasteiger partial charge is 0.457 e. The molecule has 0 bridgehead atoms. The first kappa shape index (κ1) is 19.2. The summed E-state index contributed by atoms with van der Waals surface area (Å²) in [6.07, 6.45) is -1.72. The molecule has 26 heavy (non-hydrogen) atoms. The van der Waals surface area contributed by atoms with E-state index < -0.39 is 6.10 Å². The molecule has 8 atom stereocenters. The van der Waals surface area contributed by atoms with Crippen LogP contribution in [-0.4, -0.2) is 95.3 Å². The van der Waals surface area contributed by atoms with E-state index in [9.17, 15) is 4.79 Å². The van der Waals surface area contributed by atoms with Crippen molar-refractivity contribution >= 4 is 27.6 Å². The number of hydrogen-bond donors (Lipinski definition) is 2. The highest BCUT2D eigenvalue weighted by molar-refractivity contribution is 8.77. The summed E-state index contributed by atoms with van der Waals surface area (Å²) in [5, 5.41) is 17.5. The molecule has 10 nitrogen and oxygen atoms in total. The molecular formula is C14H21NO9S2. The van der Waals surface area contributed by atoms with E-state index in [1.807, 2.05) is 0 Å². The lowest BCUT2D eigenvalue weighted by Crippen LogP contribution is -2.36. The average Bonchev–Trinajstić information content (AvgIpc) is 3.30. The summed E-state index contributed by atoms with van der Waals surface area (Å²) in [7, 11) is 3.31. The number of carbonyl (C=O) groups is 1. The monoisotopic (exact) mass is 411 g/mol. The predicted molar refractivity (Wildman–Crippen MR) is 87.6 cm³/mol. The van der Waals surface area contributed by atoms with Crippen LogP contribution in [0.2, 0.25) is 0 Å². The molecule has 0 aromatic carbocycles. The molecule has 4 aliphatic rings. The van der Waals surface area contributed by atoms with E-state index in [4.69, 9.17) is 38.9 Å². The van der Waals surface area contributed by atoms with Crippen LogP contribution in [0.3, 0.4) is 0 Å². The van der Waals surface area contributed by atoms with Crippen LogP contribution < -0.4 is 0 Å². The molecule has 4 saturated heterocycles. The van der Waals surface area contributed by atoms with Crippen molar-refractivity contribution in [1.29, 1.82) is 0 Å². The van der Waals surface area contributed by atoms with Crippen molar-refractivity contribution in [3.63, 3.8) is 0 Å². The molecule has 0 radical (unpaired) electrons. The quantitative estimate of drug-likeness (QED) is 0.348. The predicted octanol–water partition coefficient (Wildman–Crippen LogP) is 0.0125. The summed E-state index contributed by atoms with van der Waals surface area (Å²) >= 11 is 0. The zero-order valence-corrected chi connectivity index (χ0v) is 15.6. The lowest BCUT2D eigenvalue weighted by atomic mass is 10.1. The molecule has 12 heteroatoms. The molecule has 0 aromatic rings. The molecule has 4 heterocycles. The highest BCUT2D eigenvalue weighted by Gasteiger charge is 2.52. The van der Waals surface area contributed by atoms with Crippen molar-refractivity contribution in [2.24, 2.45) is 0 Å². The van der Waals surface area contributed by atoms with E-state index in [1.165, 1.54) is 6.92 Å². The smallest absolute Gasteiger partial charge is 0.303 e. The second-order valence-electron chi connectivity index (χ2n) is 6.51. The van der Waals surface area contributed by atoms with Crippen molar-refractivity contribution in [1.82, 2.24) is 5.39 Å². The molecule has 2 N–H and O–H groups in total. The number of rotatable bonds is 6. The van der Waals surface area contributed by atoms with Gasteiger partial charge < -0.3 is 23.7 Å². The lowest BCUT2D eigenvalue weighted by molar-refractivity contribution is -0.507. The standard InChI is InChI=1S/C14H21NO9S2/c1-6(16)23-7-2-19-13-9(4-21-11(7)13)25-26-10-5-22-12-8(24-15(17)18)3-20-14(10)12/h7-14,17-18H,2-5H2,1H3/t7-,8-,9+,10+,11-,12-,13-,14-/m1/s1. The first-order chi connectivity index (χ1) is 12.5. The minimum absolute atomic E-state index is 0.0918. The van der Waals surface area contributed by atoms with E-state index >= 15 is 0 Å². The van der Waals surface area contributed by atoms with E-state index in [-0.39, 0.29) is 59.0 Å². The van der Waals surface area contributed by atoms with Crippen LogP contribution in [0.5, 0.6) is 0 Å². The van der Waals surface area contributed by atoms with Gasteiger partial charge in [0.1, 0.15) is 30.5 Å². The first-order valence-corrected chi connectivity index (χ1v) is 10.6. The van der Waals surface area contributed by atoms with Gasteiger partial charge in [-0.15, -0.1) is 0 Å². The molecule has 0 aromatic heterocycles. The van der Waals surface area contributed by atoms with Crippen LogP contribution in [-0.2, 0) is 33.3 Å². The number of nitrogens with zero attached hydrogens (tertiary/aromatic N) is 1. The van der Waals surface area contributed by atoms with Crippen LogP contribution in [0, 0.1) is 0 Å². The van der Waals surface area contributed by atoms with Gasteiger partial charge in [0.2, 0.25) is 0 Å². The Morgan fingerprint density at radius 3 is 1.92 bits per heavy atom. The fourth-order valence-corrected chi connectivity index (χ4v) is 6.78. The van der Waals surface area contributed by atoms with Gasteiger partial charge in [0, 0.05) is 6.92 Å². The fraction of sp³-hybridized carbons (Fsp3) is 0.929. The number of hydrogen-bond acceptors (Lipinski definition) is 12. The molecule has 0 aliphatic carbocycles. The maximum Gasteiger partial charge on any atom is 0.303 e. The maximum atomic E-state index is 11.2. The summed E-state index contributed by atoms with van der Waals surface area (Å²) < 4.78 is 28.2. The van der Waals surface area contributed by atoms with Crippen LogP contribution in [0.25, 0.3) is 0 Å². The van der Waals surface area contributed by atoms with Gasteiger partial charge in [-0.3, -0.25) is 15.2 Å². The minimum Gasteiger partial charge on any atom is -0.457 e. The summed E-state index contributed by atoms with van der Waals surface area (Å²) in [6, 6.07) is 0. The molecule has 148 valence electrons. The molecule has 0 unspecified atom stereocenters. The zero-order valence-electron chi connectivity index (χ0n) is 14.0. The fourth-order valence-electron chi connectivity index (χ4n) is 3.69. The van der Waals surface area contributed by atoms with Gasteiger partial charge in [0.25, 0.3) is 0 Å². The minimum atomic E-state index is -0.549. The number of fused-ring (bicyclic) bond motifs is 2. The van der Waals surface area contributed by atoms with Crippen molar-refractivity contribution in [2.45, 2.75) is 54.0 Å². The highest BCUT2D eigenvalue weighted by atomic mass is 33.1. The summed E-state index contributed by atoms with van der Waals surface area (Å²) in [6.45, 7) is 2.99. The Morgan fingerprint density at radius 2 is 1.38 bits per heavy atom. The Balaban J connectivity index is 1.26. The van der Waals surface area contributed by atoms with Crippen LogP contribution >= 0.6 is 21.6 Å². The number of ether oxygens (including phenoxy) is 5. The van der Waals surface area contributed by atoms with Crippen LogP contribution in [0.15, 0.2) is 0 Å². The molecule has 4 rings (SSSR count). The second kappa shape index (κ2) is 8.07. The summed E-state index contributed by atoms with van der Waals surface area (Å²) in [5.74, 6) is -0.332. The lowest BCUT2D eigenvalue weighted by Gasteiger charge is -2.19. The Bertz CT molecular complexity index is 527. The average molecular weight is 411 g/mol. The van der Waals surface area contributed by atoms with E-state index in [1.54, 1.807) is 21.6 Å². The molecule has 4 aliphatic heterocycles. The molecule has 4 fully saturated rings. The Kier molecular flexibility index (Phi) is 5.95. The Morgan fingerprint density at radius 1 is 0.885 bits per heavy atom. The third kappa shape index (κ3) is 3.85. The van der Waals surface area contributed by atoms with Gasteiger partial charge in [-0.1, -0.05) is 21.6 Å². The zero-order chi connectivity index (χ0) is 18.3. The van der Waals surface area contributed by atoms with Gasteiger partial charge >= 0.3 is 5.97 Å². The molecule has 0 amide bonds. The first-order valence-electron chi connectivity index (χ1n) is 8.33. The normalized spacial score (nSPS) is 44.5. The van der Waals surface area contributed by atoms with Gasteiger partial charge in [-0.2, -0.15) is 0 Å². The molecule has 0 saturated carbocycles. The van der Waals surface area contributed by atoms with Crippen LogP contribution in [0.4, 0.5) is 0 Å². The van der Waals surface area contributed by atoms with E-state index in [0.717, 1.165) is 0 Å². The second-order valence-corrected chi connectivity index (χ2v) is 9.26. The van der Waals surface area contributed by atoms with Crippen molar-refractivity contribution in [3.8, 4) is 0 Å². The highest BCUT2D eigenvalue weighted by Crippen LogP contribution is 2.45. The maximum absolute atomic E-state index is 11.2. The Labute approximate surface area is 157 Å². The third-order valence-corrected chi connectivity index (χ3v) is 8.01. The van der Waals surface area contributed by atoms with Crippen molar-refractivity contribution in [3.05, 3.63) is 0 Å². The summed E-state index contributed by atoms with van der Waals surface area (Å²) in [4.78, 5) is 16.0. The molecule has 0 spiro atoms. The Hall–Kier alpha value is -0.150. The third-order valence-electron chi connectivity index (χ3n) is 4.77. The van der Waals surface area contributed by atoms with Crippen molar-refractivity contribution in [2.75, 3.05) is 26.4 Å². The van der Waals surface area contributed by atoms with E-state index in [2.05, 4.69) is 0 Å². The number of carbonyl (C=O) groups excluding carboxylic acids is 1. The van der Waals surface area contributed by atoms with Crippen molar-refractivity contribution < 1.29 is 43.7 Å². The summed E-state index contributed by atoms with van der Waals surface area (Å²) in [5.41, 5.74) is 0. The van der Waals surface area contributed by atoms with Crippen LogP contribution in [0.1, 0.15) is 6.92 Å². The SMILES string of the molecule is CC(=O)O[C@@H]1CO[C@H]2[C@@H]1OC[C@@H]2SS[C@H]1CO[C@H]2[C@@H]1OC[C@H]2ON(O)O. The molecular weight excluding hydrogens is 390 g/mol. The topological polar surface area (TPSA) is 116 Å². The van der Waals surface area contributed by atoms with Gasteiger partial charge in [-0.25, -0.2) is 4.84 Å². The van der Waals surface area contributed by atoms with Gasteiger partial charge in [0.15, 0.2) is 6.10 Å². The van der Waals surface area contributed by atoms with E-state index in [0.29, 0.717) is 19.8 Å². The van der Waals surface area contributed by atoms with Gasteiger partial charge in [0.05, 0.1) is 42.3 Å². The number of esters is 1.